The van der Waals surface area contributed by atoms with Gasteiger partial charge in [0.25, 0.3) is 0 Å². The lowest BCUT2D eigenvalue weighted by Crippen LogP contribution is -1.99. The minimum absolute atomic E-state index is 0.831. The average Bonchev–Trinajstić information content (AvgIpc) is 2.49. The molecule has 0 atom stereocenters. The van der Waals surface area contributed by atoms with Crippen LogP contribution < -0.4 is 4.74 Å². The number of benzene rings is 1. The Bertz CT molecular complexity index is 412. The predicted octanol–water partition coefficient (Wildman–Crippen LogP) is 6.07. The molecule has 0 amide bonds. The zero-order chi connectivity index (χ0) is 15.3. The van der Waals surface area contributed by atoms with Gasteiger partial charge in [-0.05, 0) is 55.2 Å². The fraction of sp³-hybridized carbons (Fsp3) is 0.579. The van der Waals surface area contributed by atoms with E-state index in [0.717, 1.165) is 31.0 Å². The van der Waals surface area contributed by atoms with Gasteiger partial charge in [-0.2, -0.15) is 12.6 Å². The molecule has 1 rings (SSSR count). The number of hydrogen-bond acceptors (Lipinski definition) is 2. The van der Waals surface area contributed by atoms with Crippen molar-refractivity contribution >= 4 is 18.7 Å². The van der Waals surface area contributed by atoms with Gasteiger partial charge in [-0.25, -0.2) is 0 Å². The van der Waals surface area contributed by atoms with Gasteiger partial charge in [-0.15, -0.1) is 0 Å². The largest absolute Gasteiger partial charge is 0.493 e. The molecular formula is C19H30OS. The molecule has 0 radical (unpaired) electrons. The van der Waals surface area contributed by atoms with E-state index in [2.05, 4.69) is 56.8 Å². The lowest BCUT2D eigenvalue weighted by Gasteiger charge is -2.09. The third-order valence-electron chi connectivity index (χ3n) is 3.56. The smallest absolute Gasteiger partial charge is 0.122 e. The standard InChI is InChI=1S/C19H30OS/c1-3-4-11-18-12-13-19(17(2)16-18)20-14-9-7-5-6-8-10-15-21/h4,11-13,16,21H,3,5-10,14-15H2,1-2H3/b11-4+. The number of allylic oxidation sites excluding steroid dienone is 1. The third-order valence-corrected chi connectivity index (χ3v) is 3.87. The van der Waals surface area contributed by atoms with Gasteiger partial charge in [0.2, 0.25) is 0 Å². The SMILES string of the molecule is CC/C=C/c1ccc(OCCCCCCCCS)c(C)c1. The Morgan fingerprint density at radius 1 is 1.05 bits per heavy atom. The highest BCUT2D eigenvalue weighted by Crippen LogP contribution is 2.20. The van der Waals surface area contributed by atoms with Crippen LogP contribution in [0, 0.1) is 6.92 Å². The van der Waals surface area contributed by atoms with Crippen LogP contribution in [0.2, 0.25) is 0 Å². The number of rotatable bonds is 11. The Kier molecular flexibility index (Phi) is 10.1. The molecule has 2 heteroatoms. The summed E-state index contributed by atoms with van der Waals surface area (Å²) < 4.78 is 5.89. The first-order valence-electron chi connectivity index (χ1n) is 8.28. The lowest BCUT2D eigenvalue weighted by atomic mass is 10.1. The van der Waals surface area contributed by atoms with Crippen LogP contribution in [0.25, 0.3) is 6.08 Å². The van der Waals surface area contributed by atoms with Crippen molar-refractivity contribution in [1.29, 1.82) is 0 Å². The second-order valence-electron chi connectivity index (χ2n) is 5.53. The van der Waals surface area contributed by atoms with E-state index in [1.54, 1.807) is 0 Å². The van der Waals surface area contributed by atoms with Crippen molar-refractivity contribution in [2.75, 3.05) is 12.4 Å². The number of unbranched alkanes of at least 4 members (excludes halogenated alkanes) is 5. The molecule has 0 bridgehead atoms. The van der Waals surface area contributed by atoms with Gasteiger partial charge in [0, 0.05) is 0 Å². The quantitative estimate of drug-likeness (QED) is 0.386. The van der Waals surface area contributed by atoms with Crippen LogP contribution in [-0.4, -0.2) is 12.4 Å². The second kappa shape index (κ2) is 11.7. The number of aryl methyl sites for hydroxylation is 1. The van der Waals surface area contributed by atoms with Crippen LogP contribution >= 0.6 is 12.6 Å². The Balaban J connectivity index is 2.21. The summed E-state index contributed by atoms with van der Waals surface area (Å²) in [6.45, 7) is 5.10. The molecule has 0 aliphatic carbocycles. The monoisotopic (exact) mass is 306 g/mol. The van der Waals surface area contributed by atoms with Crippen LogP contribution in [0.5, 0.6) is 5.75 Å². The van der Waals surface area contributed by atoms with Crippen molar-refractivity contribution in [2.45, 2.75) is 58.8 Å². The molecule has 0 spiro atoms. The molecule has 1 nitrogen and oxygen atoms in total. The van der Waals surface area contributed by atoms with Crippen molar-refractivity contribution in [3.8, 4) is 5.75 Å². The summed E-state index contributed by atoms with van der Waals surface area (Å²) >= 11 is 4.23. The molecule has 1 aromatic carbocycles. The molecule has 0 saturated carbocycles. The Labute approximate surface area is 136 Å². The van der Waals surface area contributed by atoms with Crippen LogP contribution in [0.1, 0.15) is 63.0 Å². The van der Waals surface area contributed by atoms with Gasteiger partial charge >= 0.3 is 0 Å². The van der Waals surface area contributed by atoms with E-state index < -0.39 is 0 Å². The molecule has 0 aliphatic heterocycles. The first-order chi connectivity index (χ1) is 10.3. The highest BCUT2D eigenvalue weighted by atomic mass is 32.1. The highest BCUT2D eigenvalue weighted by Gasteiger charge is 2.00. The van der Waals surface area contributed by atoms with Crippen LogP contribution in [0.15, 0.2) is 24.3 Å². The summed E-state index contributed by atoms with van der Waals surface area (Å²) in [4.78, 5) is 0. The normalized spacial score (nSPS) is 11.2. The predicted molar refractivity (Wildman–Crippen MR) is 97.6 cm³/mol. The van der Waals surface area contributed by atoms with Gasteiger partial charge in [-0.3, -0.25) is 0 Å². The van der Waals surface area contributed by atoms with Crippen molar-refractivity contribution in [2.24, 2.45) is 0 Å². The maximum atomic E-state index is 5.89. The molecule has 0 aliphatic rings. The van der Waals surface area contributed by atoms with E-state index in [-0.39, 0.29) is 0 Å². The number of hydrogen-bond donors (Lipinski definition) is 1. The average molecular weight is 307 g/mol. The van der Waals surface area contributed by atoms with Gasteiger partial charge in [0.1, 0.15) is 5.75 Å². The molecule has 0 unspecified atom stereocenters. The zero-order valence-electron chi connectivity index (χ0n) is 13.6. The van der Waals surface area contributed by atoms with E-state index in [4.69, 9.17) is 4.74 Å². The summed E-state index contributed by atoms with van der Waals surface area (Å²) in [6, 6.07) is 6.42. The van der Waals surface area contributed by atoms with Gasteiger partial charge < -0.3 is 4.74 Å². The number of ether oxygens (including phenoxy) is 1. The minimum atomic E-state index is 0.831. The lowest BCUT2D eigenvalue weighted by molar-refractivity contribution is 0.302. The van der Waals surface area contributed by atoms with Gasteiger partial charge in [-0.1, -0.05) is 50.8 Å². The molecule has 0 N–H and O–H groups in total. The molecule has 21 heavy (non-hydrogen) atoms. The molecule has 0 aromatic heterocycles. The Morgan fingerprint density at radius 3 is 2.43 bits per heavy atom. The molecular weight excluding hydrogens is 276 g/mol. The van der Waals surface area contributed by atoms with Crippen molar-refractivity contribution in [3.63, 3.8) is 0 Å². The summed E-state index contributed by atoms with van der Waals surface area (Å²) in [5.41, 5.74) is 2.48. The van der Waals surface area contributed by atoms with Crippen LogP contribution in [0.3, 0.4) is 0 Å². The Morgan fingerprint density at radius 2 is 1.76 bits per heavy atom. The summed E-state index contributed by atoms with van der Waals surface area (Å²) in [7, 11) is 0. The van der Waals surface area contributed by atoms with Crippen LogP contribution in [-0.2, 0) is 0 Å². The molecule has 0 saturated heterocycles. The molecule has 0 fully saturated rings. The van der Waals surface area contributed by atoms with Crippen molar-refractivity contribution in [1.82, 2.24) is 0 Å². The van der Waals surface area contributed by atoms with Crippen LogP contribution in [0.4, 0.5) is 0 Å². The first kappa shape index (κ1) is 18.2. The van der Waals surface area contributed by atoms with Gasteiger partial charge in [0.05, 0.1) is 6.61 Å². The highest BCUT2D eigenvalue weighted by molar-refractivity contribution is 7.80. The number of thiol groups is 1. The topological polar surface area (TPSA) is 9.23 Å². The molecule has 118 valence electrons. The van der Waals surface area contributed by atoms with E-state index in [0.29, 0.717) is 0 Å². The van der Waals surface area contributed by atoms with Gasteiger partial charge in [0.15, 0.2) is 0 Å². The summed E-state index contributed by atoms with van der Waals surface area (Å²) in [6.07, 6.45) is 13.1. The molecule has 0 heterocycles. The van der Waals surface area contributed by atoms with E-state index in [1.165, 1.54) is 43.2 Å². The molecule has 1 aromatic rings. The fourth-order valence-electron chi connectivity index (χ4n) is 2.30. The summed E-state index contributed by atoms with van der Waals surface area (Å²) in [5, 5.41) is 0. The van der Waals surface area contributed by atoms with E-state index >= 15 is 0 Å². The van der Waals surface area contributed by atoms with Crippen molar-refractivity contribution in [3.05, 3.63) is 35.4 Å². The second-order valence-corrected chi connectivity index (χ2v) is 5.98. The minimum Gasteiger partial charge on any atom is -0.493 e. The fourth-order valence-corrected chi connectivity index (χ4v) is 2.52. The Hall–Kier alpha value is -0.890. The van der Waals surface area contributed by atoms with Crippen molar-refractivity contribution < 1.29 is 4.74 Å². The van der Waals surface area contributed by atoms with E-state index in [9.17, 15) is 0 Å². The maximum absolute atomic E-state index is 5.89. The summed E-state index contributed by atoms with van der Waals surface area (Å²) in [5.74, 6) is 2.05. The zero-order valence-corrected chi connectivity index (χ0v) is 14.5. The third kappa shape index (κ3) is 8.21. The van der Waals surface area contributed by atoms with E-state index in [1.807, 2.05) is 0 Å². The maximum Gasteiger partial charge on any atom is 0.122 e. The first-order valence-corrected chi connectivity index (χ1v) is 8.92.